The molecule has 0 unspecified atom stereocenters. The van der Waals surface area contributed by atoms with E-state index >= 15 is 0 Å². The van der Waals surface area contributed by atoms with Gasteiger partial charge in [-0.2, -0.15) is 0 Å². The highest BCUT2D eigenvalue weighted by Gasteiger charge is 2.43. The second kappa shape index (κ2) is 6.18. The molecule has 1 aromatic carbocycles. The molecule has 1 N–H and O–H groups in total. The summed E-state index contributed by atoms with van der Waals surface area (Å²) in [6.07, 6.45) is 0.206. The van der Waals surface area contributed by atoms with E-state index in [2.05, 4.69) is 10.2 Å². The Hall–Kier alpha value is -1.92. The Morgan fingerprint density at radius 1 is 1.25 bits per heavy atom. The zero-order valence-electron chi connectivity index (χ0n) is 14.7. The van der Waals surface area contributed by atoms with Gasteiger partial charge in [0.15, 0.2) is 0 Å². The summed E-state index contributed by atoms with van der Waals surface area (Å²) in [4.78, 5) is 29.3. The minimum absolute atomic E-state index is 0.0661. The molecule has 2 atom stereocenters. The van der Waals surface area contributed by atoms with Crippen LogP contribution in [-0.2, 0) is 14.3 Å². The maximum atomic E-state index is 13.1. The van der Waals surface area contributed by atoms with E-state index in [4.69, 9.17) is 4.74 Å². The molecule has 3 rings (SSSR count). The average molecular weight is 331 g/mol. The maximum absolute atomic E-state index is 13.1. The summed E-state index contributed by atoms with van der Waals surface area (Å²) in [5, 5.41) is 2.89. The first kappa shape index (κ1) is 16.9. The minimum Gasteiger partial charge on any atom is -0.373 e. The van der Waals surface area contributed by atoms with Crippen molar-refractivity contribution in [2.75, 3.05) is 29.9 Å². The van der Waals surface area contributed by atoms with Crippen LogP contribution >= 0.6 is 0 Å². The number of hydrogen-bond donors (Lipinski definition) is 1. The highest BCUT2D eigenvalue weighted by molar-refractivity contribution is 6.14. The van der Waals surface area contributed by atoms with Gasteiger partial charge in [-0.15, -0.1) is 0 Å². The molecule has 1 saturated heterocycles. The predicted octanol–water partition coefficient (Wildman–Crippen LogP) is 1.86. The molecule has 0 aromatic heterocycles. The zero-order chi connectivity index (χ0) is 17.5. The highest BCUT2D eigenvalue weighted by Crippen LogP contribution is 2.36. The number of hydrogen-bond acceptors (Lipinski definition) is 4. The Labute approximate surface area is 142 Å². The van der Waals surface area contributed by atoms with Gasteiger partial charge in [-0.25, -0.2) is 0 Å². The van der Waals surface area contributed by atoms with Gasteiger partial charge in [0.2, 0.25) is 11.8 Å². The molecule has 1 aromatic rings. The summed E-state index contributed by atoms with van der Waals surface area (Å²) in [6.45, 7) is 9.31. The van der Waals surface area contributed by atoms with Gasteiger partial charge in [0.05, 0.1) is 30.1 Å². The molecule has 2 amide bonds. The highest BCUT2D eigenvalue weighted by atomic mass is 16.5. The first-order valence-corrected chi connectivity index (χ1v) is 8.40. The number of ether oxygens (including phenoxy) is 1. The first-order valence-electron chi connectivity index (χ1n) is 8.40. The molecule has 1 fully saturated rings. The van der Waals surface area contributed by atoms with Gasteiger partial charge in [0.1, 0.15) is 5.54 Å². The third-order valence-electron chi connectivity index (χ3n) is 4.61. The quantitative estimate of drug-likeness (QED) is 0.898. The lowest BCUT2D eigenvalue weighted by Crippen LogP contribution is -2.61. The van der Waals surface area contributed by atoms with Gasteiger partial charge in [-0.3, -0.25) is 19.4 Å². The van der Waals surface area contributed by atoms with E-state index in [9.17, 15) is 9.59 Å². The maximum Gasteiger partial charge on any atom is 0.250 e. The predicted molar refractivity (Wildman–Crippen MR) is 93.1 cm³/mol. The third-order valence-corrected chi connectivity index (χ3v) is 4.61. The van der Waals surface area contributed by atoms with E-state index in [-0.39, 0.29) is 30.6 Å². The Balaban J connectivity index is 1.86. The number of nitrogens with one attached hydrogen (secondary N) is 1. The molecule has 0 aliphatic carbocycles. The Morgan fingerprint density at radius 3 is 2.54 bits per heavy atom. The lowest BCUT2D eigenvalue weighted by atomic mass is 9.96. The fraction of sp³-hybridized carbons (Fsp3) is 0.556. The smallest absolute Gasteiger partial charge is 0.250 e. The fourth-order valence-corrected chi connectivity index (χ4v) is 3.57. The largest absolute Gasteiger partial charge is 0.373 e. The van der Waals surface area contributed by atoms with Crippen LogP contribution in [0.3, 0.4) is 0 Å². The number of morpholine rings is 1. The van der Waals surface area contributed by atoms with E-state index in [0.29, 0.717) is 5.69 Å². The van der Waals surface area contributed by atoms with Crippen LogP contribution in [0.1, 0.15) is 27.7 Å². The monoisotopic (exact) mass is 331 g/mol. The summed E-state index contributed by atoms with van der Waals surface area (Å²) >= 11 is 0. The topological polar surface area (TPSA) is 61.9 Å². The van der Waals surface area contributed by atoms with Crippen LogP contribution in [-0.4, -0.2) is 54.1 Å². The molecule has 0 bridgehead atoms. The summed E-state index contributed by atoms with van der Waals surface area (Å²) < 4.78 is 5.73. The number of para-hydroxylation sites is 2. The van der Waals surface area contributed by atoms with Crippen molar-refractivity contribution >= 4 is 23.2 Å². The molecule has 2 aliphatic heterocycles. The van der Waals surface area contributed by atoms with Crippen LogP contribution in [0.2, 0.25) is 0 Å². The van der Waals surface area contributed by atoms with Crippen LogP contribution in [0.4, 0.5) is 11.4 Å². The number of carbonyl (C=O) groups excluding carboxylic acids is 2. The van der Waals surface area contributed by atoms with Crippen molar-refractivity contribution in [1.82, 2.24) is 4.90 Å². The van der Waals surface area contributed by atoms with Crippen LogP contribution < -0.4 is 10.2 Å². The van der Waals surface area contributed by atoms with E-state index in [1.54, 1.807) is 18.7 Å². The minimum atomic E-state index is -0.922. The zero-order valence-corrected chi connectivity index (χ0v) is 14.7. The summed E-state index contributed by atoms with van der Waals surface area (Å²) in [7, 11) is 0. The molecule has 0 radical (unpaired) electrons. The number of carbonyl (C=O) groups is 2. The molecule has 6 nitrogen and oxygen atoms in total. The van der Waals surface area contributed by atoms with Crippen molar-refractivity contribution < 1.29 is 14.3 Å². The van der Waals surface area contributed by atoms with Crippen molar-refractivity contribution in [3.63, 3.8) is 0 Å². The number of amides is 2. The van der Waals surface area contributed by atoms with Gasteiger partial charge in [-0.05, 0) is 39.8 Å². The number of nitrogens with zero attached hydrogens (tertiary/aromatic N) is 2. The third kappa shape index (κ3) is 3.03. The second-order valence-corrected chi connectivity index (χ2v) is 7.21. The first-order chi connectivity index (χ1) is 11.3. The molecule has 24 heavy (non-hydrogen) atoms. The van der Waals surface area contributed by atoms with E-state index < -0.39 is 5.54 Å². The van der Waals surface area contributed by atoms with Crippen molar-refractivity contribution in [2.24, 2.45) is 0 Å². The van der Waals surface area contributed by atoms with E-state index in [0.717, 1.165) is 18.8 Å². The van der Waals surface area contributed by atoms with E-state index in [1.165, 1.54) is 0 Å². The number of benzene rings is 1. The van der Waals surface area contributed by atoms with Crippen LogP contribution in [0.15, 0.2) is 24.3 Å². The van der Waals surface area contributed by atoms with Crippen molar-refractivity contribution in [1.29, 1.82) is 0 Å². The van der Waals surface area contributed by atoms with E-state index in [1.807, 2.05) is 38.1 Å². The Morgan fingerprint density at radius 2 is 1.88 bits per heavy atom. The molecular formula is C18H25N3O3. The molecule has 130 valence electrons. The standard InChI is InChI=1S/C18H25N3O3/c1-12-9-20(10-13(2)24-12)11-16(22)21-15-8-6-5-7-14(15)19-17(23)18(21,3)4/h5-8,12-13H,9-11H2,1-4H3,(H,19,23)/t12-,13-/m0/s1. The molecular weight excluding hydrogens is 306 g/mol. The number of anilines is 2. The molecule has 2 aliphatic rings. The van der Waals surface area contributed by atoms with Crippen LogP contribution in [0.5, 0.6) is 0 Å². The number of fused-ring (bicyclic) bond motifs is 1. The normalized spacial score (nSPS) is 26.7. The molecule has 0 spiro atoms. The SMILES string of the molecule is C[C@H]1CN(CC(=O)N2c3ccccc3NC(=O)C2(C)C)C[C@H](C)O1. The average Bonchev–Trinajstić information content (AvgIpc) is 2.46. The van der Waals surface area contributed by atoms with Crippen molar-refractivity contribution in [3.8, 4) is 0 Å². The molecule has 0 saturated carbocycles. The Kier molecular flexibility index (Phi) is 4.36. The van der Waals surface area contributed by atoms with Gasteiger partial charge < -0.3 is 10.1 Å². The fourth-order valence-electron chi connectivity index (χ4n) is 3.57. The number of rotatable bonds is 2. The van der Waals surface area contributed by atoms with Crippen LogP contribution in [0.25, 0.3) is 0 Å². The lowest BCUT2D eigenvalue weighted by Gasteiger charge is -2.43. The van der Waals surface area contributed by atoms with Gasteiger partial charge in [-0.1, -0.05) is 12.1 Å². The van der Waals surface area contributed by atoms with Crippen molar-refractivity contribution in [3.05, 3.63) is 24.3 Å². The summed E-state index contributed by atoms with van der Waals surface area (Å²) in [5.41, 5.74) is 0.509. The summed E-state index contributed by atoms with van der Waals surface area (Å²) in [6, 6.07) is 7.43. The summed E-state index contributed by atoms with van der Waals surface area (Å²) in [5.74, 6) is -0.234. The van der Waals surface area contributed by atoms with Gasteiger partial charge >= 0.3 is 0 Å². The molecule has 2 heterocycles. The molecule has 6 heteroatoms. The van der Waals surface area contributed by atoms with Gasteiger partial charge in [0.25, 0.3) is 0 Å². The second-order valence-electron chi connectivity index (χ2n) is 7.21. The Bertz CT molecular complexity index is 649. The lowest BCUT2D eigenvalue weighted by molar-refractivity contribution is -0.129. The van der Waals surface area contributed by atoms with Crippen LogP contribution in [0, 0.1) is 0 Å². The van der Waals surface area contributed by atoms with Gasteiger partial charge in [0, 0.05) is 13.1 Å². The van der Waals surface area contributed by atoms with Crippen molar-refractivity contribution in [2.45, 2.75) is 45.4 Å².